The summed E-state index contributed by atoms with van der Waals surface area (Å²) in [7, 11) is 0. The first kappa shape index (κ1) is 49.0. The number of allylic oxidation sites excluding steroid dienone is 4. The van der Waals surface area contributed by atoms with Crippen molar-refractivity contribution in [3.63, 3.8) is 0 Å². The summed E-state index contributed by atoms with van der Waals surface area (Å²) in [5.74, 6) is 0. The molecule has 0 spiro atoms. The SMILES string of the molecule is Cc1ccccc1-c1cc2c(cc1C(C)(C)c1ccccc1)-c1cc(C(C)(C)c3ccccc3)c(-c3ccccc3C)[c]([Zr+2]([C]3=CC=CC3)=[C](Cc3ccccc3)Cc3ccccc3)c1C2.[Cl-].[Cl-]. The van der Waals surface area contributed by atoms with Gasteiger partial charge in [-0.2, -0.15) is 0 Å². The Kier molecular flexibility index (Phi) is 14.9. The molecular weight excluding hydrogens is 943 g/mol. The van der Waals surface area contributed by atoms with Gasteiger partial charge in [-0.15, -0.1) is 0 Å². The van der Waals surface area contributed by atoms with Crippen molar-refractivity contribution in [2.45, 2.75) is 78.1 Å². The number of rotatable bonds is 12. The van der Waals surface area contributed by atoms with E-state index in [1.807, 2.05) is 0 Å². The van der Waals surface area contributed by atoms with Gasteiger partial charge in [-0.05, 0) is 0 Å². The van der Waals surface area contributed by atoms with Crippen molar-refractivity contribution >= 4 is 6.48 Å². The zero-order chi connectivity index (χ0) is 45.4. The van der Waals surface area contributed by atoms with Gasteiger partial charge in [0.15, 0.2) is 0 Å². The molecule has 0 heterocycles. The van der Waals surface area contributed by atoms with E-state index >= 15 is 0 Å². The van der Waals surface area contributed by atoms with Gasteiger partial charge in [-0.3, -0.25) is 0 Å². The molecule has 0 aliphatic heterocycles. The molecule has 68 heavy (non-hydrogen) atoms. The molecule has 2 aliphatic carbocycles. The Balaban J connectivity index is 0.00000312. The minimum atomic E-state index is -3.09. The number of halogens is 2. The number of fused-ring (bicyclic) bond motifs is 3. The predicted octanol–water partition coefficient (Wildman–Crippen LogP) is 9.61. The minimum absolute atomic E-state index is 0. The Bertz CT molecular complexity index is 3130. The van der Waals surface area contributed by atoms with Crippen LogP contribution in [0.25, 0.3) is 33.4 Å². The van der Waals surface area contributed by atoms with Crippen LogP contribution in [0.1, 0.15) is 89.8 Å². The molecule has 0 saturated carbocycles. The van der Waals surface area contributed by atoms with E-state index in [0.29, 0.717) is 0 Å². The van der Waals surface area contributed by atoms with E-state index in [9.17, 15) is 0 Å². The van der Waals surface area contributed by atoms with Crippen LogP contribution in [0.5, 0.6) is 0 Å². The van der Waals surface area contributed by atoms with Gasteiger partial charge >= 0.3 is 404 Å². The molecule has 338 valence electrons. The van der Waals surface area contributed by atoms with E-state index in [4.69, 9.17) is 0 Å². The number of benzene rings is 8. The largest absolute Gasteiger partial charge is 1.00 e. The fourth-order valence-electron chi connectivity index (χ4n) is 11.0. The quantitative estimate of drug-likeness (QED) is 0.115. The van der Waals surface area contributed by atoms with E-state index < -0.39 is 21.3 Å². The molecule has 10 rings (SSSR count). The van der Waals surface area contributed by atoms with Crippen LogP contribution in [-0.4, -0.2) is 3.21 Å². The maximum atomic E-state index is 2.67. The average Bonchev–Trinajstić information content (AvgIpc) is 4.01. The fourth-order valence-corrected chi connectivity index (χ4v) is 19.7. The zero-order valence-electron chi connectivity index (χ0n) is 40.2. The van der Waals surface area contributed by atoms with Crippen LogP contribution < -0.4 is 28.1 Å². The second kappa shape index (κ2) is 20.7. The van der Waals surface area contributed by atoms with Gasteiger partial charge in [0, 0.05) is 0 Å². The summed E-state index contributed by atoms with van der Waals surface area (Å²) in [6.07, 6.45) is 11.2. The van der Waals surface area contributed by atoms with Crippen LogP contribution >= 0.6 is 0 Å². The van der Waals surface area contributed by atoms with Crippen LogP contribution in [0, 0.1) is 13.8 Å². The molecule has 0 fully saturated rings. The molecule has 0 radical (unpaired) electrons. The third-order valence-corrected chi connectivity index (χ3v) is 22.4. The van der Waals surface area contributed by atoms with Crippen molar-refractivity contribution in [2.75, 3.05) is 0 Å². The van der Waals surface area contributed by atoms with E-state index in [1.165, 1.54) is 83.5 Å². The molecule has 0 atom stereocenters. The van der Waals surface area contributed by atoms with Gasteiger partial charge in [0.1, 0.15) is 0 Å². The molecule has 0 saturated heterocycles. The Morgan fingerprint density at radius 3 is 1.47 bits per heavy atom. The Morgan fingerprint density at radius 1 is 0.485 bits per heavy atom. The second-order valence-corrected chi connectivity index (χ2v) is 26.1. The first-order valence-electron chi connectivity index (χ1n) is 23.9. The normalized spacial score (nSPS) is 12.5. The molecule has 0 N–H and O–H groups in total. The molecule has 3 heteroatoms. The first-order valence-corrected chi connectivity index (χ1v) is 27.6. The van der Waals surface area contributed by atoms with Crippen molar-refractivity contribution < 1.29 is 46.1 Å². The van der Waals surface area contributed by atoms with Gasteiger partial charge in [0.2, 0.25) is 0 Å². The van der Waals surface area contributed by atoms with Crippen LogP contribution in [0.2, 0.25) is 0 Å². The van der Waals surface area contributed by atoms with Gasteiger partial charge in [0.25, 0.3) is 0 Å². The summed E-state index contributed by atoms with van der Waals surface area (Å²) in [5.41, 5.74) is 21.7. The molecule has 0 aromatic heterocycles. The smallest absolute Gasteiger partial charge is 1.00 e. The van der Waals surface area contributed by atoms with Gasteiger partial charge in [0.05, 0.1) is 0 Å². The summed E-state index contributed by atoms with van der Waals surface area (Å²) >= 11 is -3.09. The van der Waals surface area contributed by atoms with Crippen molar-refractivity contribution in [1.29, 1.82) is 0 Å². The number of hydrogen-bond donors (Lipinski definition) is 0. The van der Waals surface area contributed by atoms with Gasteiger partial charge in [-0.1, -0.05) is 0 Å². The molecule has 8 aromatic carbocycles. The third-order valence-electron chi connectivity index (χ3n) is 14.7. The van der Waals surface area contributed by atoms with Crippen LogP contribution in [0.15, 0.2) is 210 Å². The molecule has 0 amide bonds. The molecule has 8 aromatic rings. The van der Waals surface area contributed by atoms with E-state index in [0.717, 1.165) is 25.7 Å². The standard InChI is InChI=1S/C45H41.C15H14.C5H5.2ClH.Zr/c1-30-17-13-15-23-36(30)40-26-32-25-33-27-41(37-24-16-14-18-31(37)2)43(45(5,6)35-21-11-8-12-22-35)29-39(33)38(32)28-42(40)44(3,4)34-19-9-7-10-20-34;1-3-8-14(9-4-1)12-7-13-15-10-5-2-6-11-15;1-2-4-5-3-1;;;/h7-24,26,28-29H,25H2,1-6H3;1-6,8-11H,12-13H2;1-3H,4H2;2*1H;/q;;;;;+2/p-2. The van der Waals surface area contributed by atoms with E-state index in [2.05, 4.69) is 248 Å². The third kappa shape index (κ3) is 9.36. The number of aryl methyl sites for hydroxylation is 2. The van der Waals surface area contributed by atoms with Crippen LogP contribution in [0.4, 0.5) is 0 Å². The van der Waals surface area contributed by atoms with Crippen molar-refractivity contribution in [3.8, 4) is 33.4 Å². The van der Waals surface area contributed by atoms with Gasteiger partial charge < -0.3 is 24.8 Å². The second-order valence-electron chi connectivity index (χ2n) is 19.7. The summed E-state index contributed by atoms with van der Waals surface area (Å²) in [4.78, 5) is 0. The minimum Gasteiger partial charge on any atom is -1.00 e. The Labute approximate surface area is 425 Å². The molecular formula is C65H60Cl2Zr. The van der Waals surface area contributed by atoms with Crippen LogP contribution in [-0.2, 0) is 51.4 Å². The van der Waals surface area contributed by atoms with E-state index in [1.54, 1.807) is 15.3 Å². The Morgan fingerprint density at radius 2 is 0.956 bits per heavy atom. The maximum absolute atomic E-state index is 3.09. The molecule has 0 bridgehead atoms. The summed E-state index contributed by atoms with van der Waals surface area (Å²) in [6, 6.07) is 71.3. The topological polar surface area (TPSA) is 0 Å². The Hall–Kier alpha value is -5.43. The molecule has 0 unspecified atom stereocenters. The number of hydrogen-bond acceptors (Lipinski definition) is 0. The van der Waals surface area contributed by atoms with Crippen molar-refractivity contribution in [1.82, 2.24) is 0 Å². The monoisotopic (exact) mass is 1000 g/mol. The average molecular weight is 1000 g/mol. The van der Waals surface area contributed by atoms with Crippen molar-refractivity contribution in [2.24, 2.45) is 0 Å². The van der Waals surface area contributed by atoms with Gasteiger partial charge in [-0.25, -0.2) is 0 Å². The summed E-state index contributed by atoms with van der Waals surface area (Å²) in [6.45, 7) is 14.4. The summed E-state index contributed by atoms with van der Waals surface area (Å²) < 4.78 is 5.09. The fraction of sp³-hybridized carbons (Fsp3) is 0.185. The molecule has 2 aliphatic rings. The molecule has 0 nitrogen and oxygen atoms in total. The van der Waals surface area contributed by atoms with Crippen molar-refractivity contribution in [3.05, 3.63) is 265 Å². The van der Waals surface area contributed by atoms with Crippen LogP contribution in [0.3, 0.4) is 0 Å². The van der Waals surface area contributed by atoms with E-state index in [-0.39, 0.29) is 35.6 Å². The summed E-state index contributed by atoms with van der Waals surface area (Å²) in [5, 5.41) is 0. The maximum Gasteiger partial charge on any atom is -1.00 e. The first-order chi connectivity index (χ1) is 32.1. The predicted molar refractivity (Wildman–Crippen MR) is 279 cm³/mol. The zero-order valence-corrected chi connectivity index (χ0v) is 44.2.